The van der Waals surface area contributed by atoms with Crippen molar-refractivity contribution in [2.45, 2.75) is 25.7 Å². The van der Waals surface area contributed by atoms with Crippen LogP contribution in [0.15, 0.2) is 6.07 Å². The first kappa shape index (κ1) is 13.7. The van der Waals surface area contributed by atoms with Crippen LogP contribution in [0.3, 0.4) is 0 Å². The van der Waals surface area contributed by atoms with Gasteiger partial charge in [0.1, 0.15) is 11.0 Å². The molecule has 0 aliphatic carbocycles. The fourth-order valence-corrected chi connectivity index (χ4v) is 3.35. The molecule has 7 heteroatoms. The summed E-state index contributed by atoms with van der Waals surface area (Å²) in [6, 6.07) is 1.77. The highest BCUT2D eigenvalue weighted by Crippen LogP contribution is 2.28. The summed E-state index contributed by atoms with van der Waals surface area (Å²) in [5.41, 5.74) is 0.917. The Labute approximate surface area is 112 Å². The molecule has 18 heavy (non-hydrogen) atoms. The van der Waals surface area contributed by atoms with Crippen molar-refractivity contribution in [2.24, 2.45) is 0 Å². The number of piperidine rings is 1. The van der Waals surface area contributed by atoms with Gasteiger partial charge in [0.15, 0.2) is 0 Å². The number of aryl methyl sites for hydroxylation is 1. The topological polar surface area (TPSA) is 63.2 Å². The van der Waals surface area contributed by atoms with Gasteiger partial charge in [0.25, 0.3) is 0 Å². The summed E-state index contributed by atoms with van der Waals surface area (Å²) in [6.07, 6.45) is 2.80. The molecule has 1 aliphatic rings. The zero-order valence-electron chi connectivity index (χ0n) is 10.4. The predicted molar refractivity (Wildman–Crippen MR) is 70.2 cm³/mol. The Hall–Kier alpha value is -0.720. The number of hydrogen-bond acceptors (Lipinski definition) is 4. The number of sulfonamides is 1. The molecule has 0 bridgehead atoms. The lowest BCUT2D eigenvalue weighted by molar-refractivity contribution is 0.318. The smallest absolute Gasteiger partial charge is 0.211 e. The van der Waals surface area contributed by atoms with Gasteiger partial charge < -0.3 is 0 Å². The van der Waals surface area contributed by atoms with Crippen molar-refractivity contribution in [3.63, 3.8) is 0 Å². The minimum absolute atomic E-state index is 0.266. The van der Waals surface area contributed by atoms with Crippen LogP contribution in [-0.4, -0.2) is 42.0 Å². The second-order valence-corrected chi connectivity index (χ2v) is 6.97. The molecule has 5 nitrogen and oxygen atoms in total. The fraction of sp³-hybridized carbons (Fsp3) is 0.636. The molecule has 1 aliphatic heterocycles. The summed E-state index contributed by atoms with van der Waals surface area (Å²) in [5, 5.41) is 0.447. The van der Waals surface area contributed by atoms with Crippen LogP contribution in [0.1, 0.15) is 30.3 Å². The molecule has 0 radical (unpaired) electrons. The highest BCUT2D eigenvalue weighted by atomic mass is 35.5. The van der Waals surface area contributed by atoms with E-state index in [1.165, 1.54) is 10.6 Å². The van der Waals surface area contributed by atoms with E-state index >= 15 is 0 Å². The average Bonchev–Trinajstić information content (AvgIpc) is 2.27. The lowest BCUT2D eigenvalue weighted by atomic mass is 9.94. The minimum Gasteiger partial charge on any atom is -0.238 e. The van der Waals surface area contributed by atoms with Gasteiger partial charge in [-0.1, -0.05) is 11.6 Å². The van der Waals surface area contributed by atoms with E-state index in [-0.39, 0.29) is 5.92 Å². The van der Waals surface area contributed by atoms with Crippen molar-refractivity contribution in [1.82, 2.24) is 14.3 Å². The number of halogens is 1. The van der Waals surface area contributed by atoms with Crippen LogP contribution >= 0.6 is 11.6 Å². The van der Waals surface area contributed by atoms with Crippen LogP contribution in [-0.2, 0) is 10.0 Å². The molecule has 100 valence electrons. The SMILES string of the molecule is Cc1nc(Cl)cc(C2CCN(S(C)(=O)=O)CC2)n1. The maximum absolute atomic E-state index is 11.4. The molecule has 1 aromatic heterocycles. The van der Waals surface area contributed by atoms with Crippen molar-refractivity contribution in [3.8, 4) is 0 Å². The Morgan fingerprint density at radius 1 is 1.33 bits per heavy atom. The van der Waals surface area contributed by atoms with Gasteiger partial charge in [0, 0.05) is 24.7 Å². The van der Waals surface area contributed by atoms with Crippen LogP contribution < -0.4 is 0 Å². The molecule has 0 spiro atoms. The Morgan fingerprint density at radius 2 is 1.94 bits per heavy atom. The largest absolute Gasteiger partial charge is 0.238 e. The lowest BCUT2D eigenvalue weighted by Gasteiger charge is -2.29. The summed E-state index contributed by atoms with van der Waals surface area (Å²) in [4.78, 5) is 8.41. The van der Waals surface area contributed by atoms with Gasteiger partial charge in [-0.05, 0) is 25.8 Å². The summed E-state index contributed by atoms with van der Waals surface area (Å²) in [7, 11) is -3.07. The van der Waals surface area contributed by atoms with Crippen LogP contribution in [0, 0.1) is 6.92 Å². The third-order valence-corrected chi connectivity index (χ3v) is 4.66. The molecule has 1 fully saturated rings. The molecule has 2 heterocycles. The van der Waals surface area contributed by atoms with Crippen molar-refractivity contribution in [3.05, 3.63) is 22.7 Å². The normalized spacial score (nSPS) is 19.1. The van der Waals surface area contributed by atoms with Gasteiger partial charge in [-0.3, -0.25) is 0 Å². The molecule has 1 saturated heterocycles. The zero-order chi connectivity index (χ0) is 13.3. The zero-order valence-corrected chi connectivity index (χ0v) is 12.0. The van der Waals surface area contributed by atoms with Crippen LogP contribution in [0.25, 0.3) is 0 Å². The average molecular weight is 290 g/mol. The van der Waals surface area contributed by atoms with E-state index < -0.39 is 10.0 Å². The molecule has 0 N–H and O–H groups in total. The Kier molecular flexibility index (Phi) is 3.89. The Balaban J connectivity index is 2.10. The van der Waals surface area contributed by atoms with E-state index in [0.29, 0.717) is 24.1 Å². The van der Waals surface area contributed by atoms with Gasteiger partial charge >= 0.3 is 0 Å². The van der Waals surface area contributed by atoms with E-state index in [1.54, 1.807) is 13.0 Å². The van der Waals surface area contributed by atoms with Crippen molar-refractivity contribution in [2.75, 3.05) is 19.3 Å². The third kappa shape index (κ3) is 3.18. The van der Waals surface area contributed by atoms with Crippen molar-refractivity contribution in [1.29, 1.82) is 0 Å². The van der Waals surface area contributed by atoms with Crippen LogP contribution in [0.5, 0.6) is 0 Å². The number of aromatic nitrogens is 2. The molecule has 1 aromatic rings. The van der Waals surface area contributed by atoms with Crippen molar-refractivity contribution < 1.29 is 8.42 Å². The summed E-state index contributed by atoms with van der Waals surface area (Å²) in [6.45, 7) is 2.90. The molecule has 0 amide bonds. The lowest BCUT2D eigenvalue weighted by Crippen LogP contribution is -2.37. The number of rotatable bonds is 2. The van der Waals surface area contributed by atoms with E-state index in [2.05, 4.69) is 9.97 Å². The molecule has 2 rings (SSSR count). The van der Waals surface area contributed by atoms with Gasteiger partial charge in [-0.25, -0.2) is 22.7 Å². The van der Waals surface area contributed by atoms with Crippen molar-refractivity contribution >= 4 is 21.6 Å². The first-order chi connectivity index (χ1) is 8.36. The summed E-state index contributed by atoms with van der Waals surface area (Å²) < 4.78 is 24.3. The van der Waals surface area contributed by atoms with Crippen LogP contribution in [0.4, 0.5) is 0 Å². The molecule has 0 saturated carbocycles. The van der Waals surface area contributed by atoms with E-state index in [0.717, 1.165) is 18.5 Å². The number of nitrogens with zero attached hydrogens (tertiary/aromatic N) is 3. The first-order valence-corrected chi connectivity index (χ1v) is 8.05. The quantitative estimate of drug-likeness (QED) is 0.776. The molecular weight excluding hydrogens is 274 g/mol. The monoisotopic (exact) mass is 289 g/mol. The summed E-state index contributed by atoms with van der Waals surface area (Å²) >= 11 is 5.91. The van der Waals surface area contributed by atoms with Crippen LogP contribution in [0.2, 0.25) is 5.15 Å². The van der Waals surface area contributed by atoms with Gasteiger partial charge in [0.2, 0.25) is 10.0 Å². The maximum atomic E-state index is 11.4. The summed E-state index contributed by atoms with van der Waals surface area (Å²) in [5.74, 6) is 0.922. The first-order valence-electron chi connectivity index (χ1n) is 5.82. The standard InChI is InChI=1S/C11H16ClN3O2S/c1-8-13-10(7-11(12)14-8)9-3-5-15(6-4-9)18(2,16)17/h7,9H,3-6H2,1-2H3. The third-order valence-electron chi connectivity index (χ3n) is 3.17. The van der Waals surface area contributed by atoms with E-state index in [1.807, 2.05) is 0 Å². The molecule has 0 aromatic carbocycles. The second kappa shape index (κ2) is 5.11. The van der Waals surface area contributed by atoms with Gasteiger partial charge in [-0.15, -0.1) is 0 Å². The van der Waals surface area contributed by atoms with Gasteiger partial charge in [0.05, 0.1) is 6.26 Å². The number of hydrogen-bond donors (Lipinski definition) is 0. The molecule has 0 atom stereocenters. The highest BCUT2D eigenvalue weighted by molar-refractivity contribution is 7.88. The molecule has 0 unspecified atom stereocenters. The Morgan fingerprint density at radius 3 is 2.44 bits per heavy atom. The predicted octanol–water partition coefficient (Wildman–Crippen LogP) is 1.58. The minimum atomic E-state index is -3.07. The van der Waals surface area contributed by atoms with Gasteiger partial charge in [-0.2, -0.15) is 0 Å². The Bertz CT molecular complexity index is 519. The van der Waals surface area contributed by atoms with E-state index in [4.69, 9.17) is 11.6 Å². The fourth-order valence-electron chi connectivity index (χ4n) is 2.25. The highest BCUT2D eigenvalue weighted by Gasteiger charge is 2.26. The van der Waals surface area contributed by atoms with E-state index in [9.17, 15) is 8.42 Å². The maximum Gasteiger partial charge on any atom is 0.211 e. The molecular formula is C11H16ClN3O2S. The second-order valence-electron chi connectivity index (χ2n) is 4.60.